The van der Waals surface area contributed by atoms with Crippen molar-refractivity contribution in [3.63, 3.8) is 0 Å². The number of nitrogens with two attached hydrogens (primary N) is 3. The molecule has 668 valence electrons. The molecule has 12 rings (SSSR count). The number of rotatable bonds is 17. The number of aliphatic imine (C=N–C) groups is 3. The maximum atomic E-state index is 14.2. The number of carboxylic acids is 1. The molecule has 1 saturated heterocycles. The number of phenolic OH excluding ortho intramolecular Hbond substituents is 1. The molecule has 0 aliphatic carbocycles. The van der Waals surface area contributed by atoms with Gasteiger partial charge in [0.05, 0.1) is 74.6 Å². The van der Waals surface area contributed by atoms with Crippen molar-refractivity contribution >= 4 is 158 Å². The van der Waals surface area contributed by atoms with E-state index in [1.165, 1.54) is 128 Å². The van der Waals surface area contributed by atoms with Crippen molar-refractivity contribution in [2.24, 2.45) is 32.2 Å². The lowest BCUT2D eigenvalue weighted by molar-refractivity contribution is 0.0691. The van der Waals surface area contributed by atoms with Crippen molar-refractivity contribution in [2.75, 3.05) is 13.2 Å². The Balaban J connectivity index is 0.000000421. The minimum Gasteiger partial charge on any atom is -0.507 e. The summed E-state index contributed by atoms with van der Waals surface area (Å²) >= 11 is 30.1. The number of carbonyl (C=O) groups excluding carboxylic acids is 3. The van der Waals surface area contributed by atoms with E-state index in [9.17, 15) is 47.0 Å². The Morgan fingerprint density at radius 3 is 1.07 bits per heavy atom. The van der Waals surface area contributed by atoms with Gasteiger partial charge in [-0.25, -0.2) is 51.4 Å². The van der Waals surface area contributed by atoms with Gasteiger partial charge < -0.3 is 46.4 Å². The van der Waals surface area contributed by atoms with Gasteiger partial charge in [-0.3, -0.25) is 30.4 Å². The first-order chi connectivity index (χ1) is 61.8. The molecule has 11 aromatic rings. The van der Waals surface area contributed by atoms with E-state index in [0.717, 1.165) is 48.1 Å². The van der Waals surface area contributed by atoms with Crippen molar-refractivity contribution in [3.05, 3.63) is 340 Å². The zero-order valence-corrected chi connectivity index (χ0v) is 72.4. The highest BCUT2D eigenvalue weighted by atomic mass is 36.0. The molecule has 27 nitrogen and oxygen atoms in total. The van der Waals surface area contributed by atoms with E-state index in [1.54, 1.807) is 12.9 Å². The summed E-state index contributed by atoms with van der Waals surface area (Å²) in [4.78, 5) is 72.5. The van der Waals surface area contributed by atoms with E-state index in [2.05, 4.69) is 72.1 Å². The van der Waals surface area contributed by atoms with Gasteiger partial charge in [-0.1, -0.05) is 239 Å². The number of carbonyl (C=O) groups is 4. The maximum Gasteiger partial charge on any atom is 0.338 e. The van der Waals surface area contributed by atoms with Gasteiger partial charge in [-0.15, -0.1) is 9.98 Å². The fraction of sp³-hybridized carbons (Fsp3) is 0.121. The number of amides is 2. The van der Waals surface area contributed by atoms with Crippen LogP contribution in [0.1, 0.15) is 101 Å². The van der Waals surface area contributed by atoms with Gasteiger partial charge >= 0.3 is 5.97 Å². The molecule has 1 fully saturated rings. The predicted octanol–water partition coefficient (Wildman–Crippen LogP) is 24.1. The van der Waals surface area contributed by atoms with Gasteiger partial charge in [-0.2, -0.15) is 15.5 Å². The van der Waals surface area contributed by atoms with E-state index in [1.807, 2.05) is 91.0 Å². The molecule has 0 atom stereocenters. The standard InChI is InChI=1S/C23H15ClFN5O2.C21H12Cl2FNO2.C21H13ClFNO3.C16H9ClFN5O2.C4H8O.C2H4N4.C2H6.2CH4.Cl2OS/c1-28-17-10-11-18(32-12-14-6-3-2-4-7-14)20(22(31)30-23(27)29-13-26)19(17)15-8-5-9-16(25)21(15)24;1-25-16-10-11-17(27-12-13-6-3-2-4-7-13)19(21(23)26)18(16)14-8-5-9-15(24)20(14)22;1-24-16-10-11-17(27-12-13-6-3-2-4-7-13)19(21(25)26)18(16)14-8-5-9-15(23)20(14)22;1-21-10-5-6-11(24)13(15(25)23-16(20)22-7-19)12(10)8-3-2-4-9(18)14(8)17;1-2-4-5-3-1;3-1-6-2(4)5;1-2;;;1-4(2)3/h2-11H,12H2,(H3,27,29,30,31);2-11H,12H2;2-11H,12H2,(H,25,26);2-6,24H,(H3,20,22,23,25);1-4H2;3H,(H3,4,5);1-2H3;2*1H4;/i;;;;;;1D;;;. The molecule has 2 amide bonds. The van der Waals surface area contributed by atoms with Crippen molar-refractivity contribution in [1.82, 2.24) is 10.6 Å². The molecule has 1 heterocycles. The number of nitriles is 2. The molecule has 11 aromatic carbocycles. The number of nitrogens with one attached hydrogen (secondary N) is 4. The van der Waals surface area contributed by atoms with Gasteiger partial charge in [-0.05, 0) is 112 Å². The Kier molecular flexibility index (Phi) is 47.3. The van der Waals surface area contributed by atoms with E-state index in [0.29, 0.717) is 6.90 Å². The SMILES string of the molecule is C.C.C1CCOC1.N=C=NC(=N)N.O=S(Cl)Cl.[2H]CC.[C-]#[N+]c1ccc(O)c(C(=O)NC(N)=NC#N)c1-c1cccc(F)c1Cl.[C-]#[N+]c1ccc(OCc2ccccc2)c(C(=O)Cl)c1-c1cccc(F)c1Cl.[C-]#[N+]c1ccc(OCc2ccccc2)c(C(=O)NC(N)=NC#N)c1-c1cccc(F)c1Cl.[C-]#[N+]c1ccc(OCc2ccccc2)c(C(=O)O)c1-c1cccc(F)c1Cl. The number of guanidine groups is 3. The van der Waals surface area contributed by atoms with Crippen LogP contribution in [0.15, 0.2) is 227 Å². The van der Waals surface area contributed by atoms with Crippen molar-refractivity contribution in [3.8, 4) is 79.9 Å². The number of hydrogen-bond donors (Lipinski definition) is 9. The third-order valence-corrected chi connectivity index (χ3v) is 18.1. The number of halogens is 11. The molecule has 1 aliphatic heterocycles. The average molecular weight is 1930 g/mol. The molecular formula is C91H75Cl7F4N16O11S. The van der Waals surface area contributed by atoms with Crippen LogP contribution in [-0.4, -0.2) is 74.5 Å². The van der Waals surface area contributed by atoms with Crippen LogP contribution in [-0.2, 0) is 33.8 Å². The molecule has 0 aromatic heterocycles. The highest BCUT2D eigenvalue weighted by Gasteiger charge is 2.30. The first kappa shape index (κ1) is 108. The molecule has 1 aliphatic rings. The van der Waals surface area contributed by atoms with Crippen LogP contribution in [0.2, 0.25) is 20.1 Å². The number of ether oxygens (including phenoxy) is 4. The molecule has 0 radical (unpaired) electrons. The molecule has 130 heavy (non-hydrogen) atoms. The summed E-state index contributed by atoms with van der Waals surface area (Å²) < 4.78 is 93.4. The molecule has 0 saturated carbocycles. The summed E-state index contributed by atoms with van der Waals surface area (Å²) in [6.07, 6.45) is 5.42. The largest absolute Gasteiger partial charge is 0.507 e. The Labute approximate surface area is 783 Å². The van der Waals surface area contributed by atoms with Crippen molar-refractivity contribution in [2.45, 2.75) is 61.3 Å². The summed E-state index contributed by atoms with van der Waals surface area (Å²) in [6, 6.07) is 56.7. The van der Waals surface area contributed by atoms with Crippen molar-refractivity contribution in [1.29, 1.82) is 21.3 Å². The molecule has 39 heteroatoms. The molecule has 0 spiro atoms. The van der Waals surface area contributed by atoms with E-state index in [4.69, 9.17) is 142 Å². The highest BCUT2D eigenvalue weighted by Crippen LogP contribution is 2.48. The van der Waals surface area contributed by atoms with Gasteiger partial charge in [0.1, 0.15) is 66.1 Å². The lowest BCUT2D eigenvalue weighted by Crippen LogP contribution is -2.37. The van der Waals surface area contributed by atoms with E-state index < -0.39 is 73.2 Å². The van der Waals surface area contributed by atoms with Crippen LogP contribution in [0.5, 0.6) is 23.0 Å². The van der Waals surface area contributed by atoms with Crippen LogP contribution in [0.4, 0.5) is 40.3 Å². The first-order valence-corrected chi connectivity index (χ1v) is 40.7. The van der Waals surface area contributed by atoms with Gasteiger partial charge in [0, 0.05) is 58.2 Å². The van der Waals surface area contributed by atoms with E-state index in [-0.39, 0.29) is 167 Å². The Hall–Kier alpha value is -14.7. The second-order valence-electron chi connectivity index (χ2n) is 24.3. The number of aromatic hydroxyl groups is 1. The summed E-state index contributed by atoms with van der Waals surface area (Å²) in [5, 5.41) is 51.9. The van der Waals surface area contributed by atoms with Gasteiger partial charge in [0.2, 0.25) is 39.5 Å². The third kappa shape index (κ3) is 32.3. The normalized spacial score (nSPS) is 10.6. The minimum absolute atomic E-state index is 0. The van der Waals surface area contributed by atoms with Crippen LogP contribution in [0, 0.1) is 83.3 Å². The van der Waals surface area contributed by atoms with Crippen LogP contribution < -0.4 is 42.0 Å². The minimum atomic E-state index is -1.67. The lowest BCUT2D eigenvalue weighted by Gasteiger charge is -2.18. The summed E-state index contributed by atoms with van der Waals surface area (Å²) in [5.74, 6) is -7.29. The topological polar surface area (TPSA) is 415 Å². The number of benzene rings is 11. The lowest BCUT2D eigenvalue weighted by atomic mass is 9.96. The van der Waals surface area contributed by atoms with Crippen LogP contribution >= 0.6 is 79.4 Å². The number of aromatic carboxylic acids is 1. The monoisotopic (exact) mass is 1920 g/mol. The molecule has 0 unspecified atom stereocenters. The number of carboxylic acid groups (broad SMARTS) is 1. The maximum absolute atomic E-state index is 14.2. The summed E-state index contributed by atoms with van der Waals surface area (Å²) in [6.45, 7) is 34.3. The smallest absolute Gasteiger partial charge is 0.338 e. The summed E-state index contributed by atoms with van der Waals surface area (Å²) in [7, 11) is 7.36. The number of phenols is 1. The van der Waals surface area contributed by atoms with E-state index >= 15 is 0 Å². The average Bonchev–Trinajstić information content (AvgIpc) is 1.78. The molecule has 12 N–H and O–H groups in total. The fourth-order valence-corrected chi connectivity index (χ4v) is 12.1. The Bertz CT molecular complexity index is 6110. The third-order valence-electron chi connectivity index (χ3n) is 16.4. The first-order valence-electron chi connectivity index (χ1n) is 36.8. The second kappa shape index (κ2) is 57.1. The van der Waals surface area contributed by atoms with Crippen LogP contribution in [0.25, 0.3) is 63.9 Å². The number of nitrogens with zero attached hydrogens (tertiary/aromatic N) is 9. The van der Waals surface area contributed by atoms with Crippen molar-refractivity contribution < 1.29 is 71.5 Å². The fourth-order valence-electron chi connectivity index (χ4n) is 11.1. The Morgan fingerprint density at radius 2 is 0.800 bits per heavy atom. The molecular weight excluding hydrogens is 1850 g/mol. The zero-order valence-electron chi connectivity index (χ0n) is 67.3. The van der Waals surface area contributed by atoms with Gasteiger partial charge in [0.15, 0.2) is 22.7 Å². The Morgan fingerprint density at radius 1 is 0.515 bits per heavy atom. The zero-order chi connectivity index (χ0) is 95.2. The highest BCUT2D eigenvalue weighted by molar-refractivity contribution is 8.26. The predicted molar refractivity (Wildman–Crippen MR) is 500 cm³/mol. The van der Waals surface area contributed by atoms with Gasteiger partial charge in [0.25, 0.3) is 17.1 Å². The quantitative estimate of drug-likeness (QED) is 0.0102. The van der Waals surface area contributed by atoms with Crippen LogP contribution in [0.3, 0.4) is 0 Å². The second-order valence-corrected chi connectivity index (χ2v) is 28.7. The molecule has 0 bridgehead atoms. The number of hydrogen-bond acceptors (Lipinski definition) is 16. The summed E-state index contributed by atoms with van der Waals surface area (Å²) in [5.41, 5.74) is 18.3.